The summed E-state index contributed by atoms with van der Waals surface area (Å²) in [4.78, 5) is 0. The summed E-state index contributed by atoms with van der Waals surface area (Å²) >= 11 is 0. The zero-order valence-corrected chi connectivity index (χ0v) is 13.0. The molecule has 3 heteroatoms. The molecule has 2 nitrogen and oxygen atoms in total. The van der Waals surface area contributed by atoms with Crippen LogP contribution in [0.5, 0.6) is 0 Å². The maximum atomic E-state index is 11.0. The van der Waals surface area contributed by atoms with Crippen LogP contribution in [-0.4, -0.2) is 28.8 Å². The highest BCUT2D eigenvalue weighted by Gasteiger charge is 2.37. The van der Waals surface area contributed by atoms with Crippen molar-refractivity contribution in [1.29, 1.82) is 0 Å². The summed E-state index contributed by atoms with van der Waals surface area (Å²) in [5.74, 6) is 0.826. The van der Waals surface area contributed by atoms with E-state index in [1.54, 1.807) is 6.26 Å². The van der Waals surface area contributed by atoms with Gasteiger partial charge in [-0.05, 0) is 43.1 Å². The predicted molar refractivity (Wildman–Crippen MR) is 76.8 cm³/mol. The molecule has 0 spiro atoms. The molecule has 0 saturated heterocycles. The fraction of sp³-hybridized carbons (Fsp3) is 1.00. The topological polar surface area (TPSA) is 29.1 Å². The molecule has 0 bridgehead atoms. The van der Waals surface area contributed by atoms with E-state index in [-0.39, 0.29) is 0 Å². The standard InChI is InChI=1S/C14H29NOS/c1-13(2)9-12(10-14(3,4)11-13)15-7-6-8-17(5)16/h12,15H,6-11H2,1-5H3. The Morgan fingerprint density at radius 3 is 2.18 bits per heavy atom. The third-order valence-corrected chi connectivity index (χ3v) is 4.46. The van der Waals surface area contributed by atoms with Crippen LogP contribution >= 0.6 is 0 Å². The van der Waals surface area contributed by atoms with Crippen molar-refractivity contribution in [3.63, 3.8) is 0 Å². The fourth-order valence-corrected chi connectivity index (χ4v) is 4.12. The smallest absolute Gasteiger partial charge is 0.0244 e. The van der Waals surface area contributed by atoms with Crippen LogP contribution in [0.2, 0.25) is 0 Å². The summed E-state index contributed by atoms with van der Waals surface area (Å²) in [6, 6.07) is 0.638. The highest BCUT2D eigenvalue weighted by Crippen LogP contribution is 2.45. The number of nitrogens with one attached hydrogen (secondary N) is 1. The molecular formula is C14H29NOS. The van der Waals surface area contributed by atoms with Crippen molar-refractivity contribution in [2.45, 2.75) is 59.4 Å². The second-order valence-electron chi connectivity index (χ2n) is 7.20. The number of hydrogen-bond acceptors (Lipinski definition) is 2. The first-order valence-corrected chi connectivity index (χ1v) is 8.46. The van der Waals surface area contributed by atoms with E-state index >= 15 is 0 Å². The van der Waals surface area contributed by atoms with Gasteiger partial charge in [-0.3, -0.25) is 4.21 Å². The van der Waals surface area contributed by atoms with E-state index in [1.165, 1.54) is 19.3 Å². The molecular weight excluding hydrogens is 230 g/mol. The molecule has 1 aliphatic carbocycles. The summed E-state index contributed by atoms with van der Waals surface area (Å²) in [6.45, 7) is 10.5. The molecule has 0 aromatic rings. The normalized spacial score (nSPS) is 25.7. The number of rotatable bonds is 5. The molecule has 0 aromatic heterocycles. The summed E-state index contributed by atoms with van der Waals surface area (Å²) in [5.41, 5.74) is 0.903. The van der Waals surface area contributed by atoms with Crippen molar-refractivity contribution < 1.29 is 4.21 Å². The maximum absolute atomic E-state index is 11.0. The Morgan fingerprint density at radius 1 is 1.18 bits per heavy atom. The van der Waals surface area contributed by atoms with Gasteiger partial charge >= 0.3 is 0 Å². The SMILES string of the molecule is CS(=O)CCCNC1CC(C)(C)CC(C)(C)C1. The fourth-order valence-electron chi connectivity index (χ4n) is 3.57. The molecule has 1 aliphatic rings. The van der Waals surface area contributed by atoms with Crippen LogP contribution < -0.4 is 5.32 Å². The van der Waals surface area contributed by atoms with E-state index in [1.807, 2.05) is 0 Å². The zero-order valence-electron chi connectivity index (χ0n) is 12.1. The van der Waals surface area contributed by atoms with Gasteiger partial charge in [0, 0.05) is 28.9 Å². The molecule has 0 aliphatic heterocycles. The predicted octanol–water partition coefficient (Wildman–Crippen LogP) is 2.95. The van der Waals surface area contributed by atoms with E-state index in [0.29, 0.717) is 16.9 Å². The molecule has 0 amide bonds. The minimum atomic E-state index is -0.643. The second kappa shape index (κ2) is 5.83. The average Bonchev–Trinajstić information content (AvgIpc) is 2.06. The van der Waals surface area contributed by atoms with Gasteiger partial charge in [0.05, 0.1) is 0 Å². The Hall–Kier alpha value is 0.110. The lowest BCUT2D eigenvalue weighted by atomic mass is 9.63. The van der Waals surface area contributed by atoms with Crippen LogP contribution in [0.15, 0.2) is 0 Å². The van der Waals surface area contributed by atoms with E-state index in [4.69, 9.17) is 0 Å². The Labute approximate surface area is 109 Å². The number of hydrogen-bond donors (Lipinski definition) is 1. The molecule has 0 aromatic carbocycles. The minimum absolute atomic E-state index is 0.451. The second-order valence-corrected chi connectivity index (χ2v) is 8.75. The van der Waals surface area contributed by atoms with Crippen molar-refractivity contribution >= 4 is 10.8 Å². The van der Waals surface area contributed by atoms with Crippen LogP contribution in [-0.2, 0) is 10.8 Å². The van der Waals surface area contributed by atoms with Crippen LogP contribution in [0, 0.1) is 10.8 Å². The van der Waals surface area contributed by atoms with E-state index in [0.717, 1.165) is 18.7 Å². The van der Waals surface area contributed by atoms with Crippen LogP contribution in [0.25, 0.3) is 0 Å². The summed E-state index contributed by atoms with van der Waals surface area (Å²) < 4.78 is 11.0. The third-order valence-electron chi connectivity index (χ3n) is 3.60. The Kier molecular flexibility index (Phi) is 5.21. The van der Waals surface area contributed by atoms with Gasteiger partial charge in [0.1, 0.15) is 0 Å². The first-order valence-electron chi connectivity index (χ1n) is 6.74. The van der Waals surface area contributed by atoms with Crippen molar-refractivity contribution in [1.82, 2.24) is 5.32 Å². The lowest BCUT2D eigenvalue weighted by Gasteiger charge is -2.45. The van der Waals surface area contributed by atoms with Gasteiger partial charge in [0.2, 0.25) is 0 Å². The molecule has 0 heterocycles. The zero-order chi connectivity index (χ0) is 13.1. The van der Waals surface area contributed by atoms with Gasteiger partial charge < -0.3 is 5.32 Å². The molecule has 1 saturated carbocycles. The first-order chi connectivity index (χ1) is 7.70. The van der Waals surface area contributed by atoms with Crippen molar-refractivity contribution in [3.8, 4) is 0 Å². The highest BCUT2D eigenvalue weighted by atomic mass is 32.2. The van der Waals surface area contributed by atoms with Crippen LogP contribution in [0.3, 0.4) is 0 Å². The minimum Gasteiger partial charge on any atom is -0.314 e. The molecule has 1 N–H and O–H groups in total. The Bertz CT molecular complexity index is 257. The summed E-state index contributed by atoms with van der Waals surface area (Å²) in [7, 11) is -0.643. The van der Waals surface area contributed by atoms with Gasteiger partial charge in [-0.15, -0.1) is 0 Å². The average molecular weight is 259 g/mol. The lowest BCUT2D eigenvalue weighted by Crippen LogP contribution is -2.44. The van der Waals surface area contributed by atoms with Crippen molar-refractivity contribution in [2.24, 2.45) is 10.8 Å². The van der Waals surface area contributed by atoms with E-state index < -0.39 is 10.8 Å². The quantitative estimate of drug-likeness (QED) is 0.769. The summed E-state index contributed by atoms with van der Waals surface area (Å²) in [6.07, 6.45) is 6.67. The molecule has 1 rings (SSSR count). The largest absolute Gasteiger partial charge is 0.314 e. The monoisotopic (exact) mass is 259 g/mol. The Morgan fingerprint density at radius 2 is 1.71 bits per heavy atom. The van der Waals surface area contributed by atoms with Gasteiger partial charge in [-0.25, -0.2) is 0 Å². The van der Waals surface area contributed by atoms with Crippen LogP contribution in [0.4, 0.5) is 0 Å². The molecule has 1 fully saturated rings. The first kappa shape index (κ1) is 15.2. The van der Waals surface area contributed by atoms with Gasteiger partial charge in [0.25, 0.3) is 0 Å². The molecule has 102 valence electrons. The molecule has 1 unspecified atom stereocenters. The van der Waals surface area contributed by atoms with E-state index in [9.17, 15) is 4.21 Å². The lowest BCUT2D eigenvalue weighted by molar-refractivity contribution is 0.0853. The third kappa shape index (κ3) is 6.01. The van der Waals surface area contributed by atoms with Crippen LogP contribution in [0.1, 0.15) is 53.4 Å². The van der Waals surface area contributed by atoms with E-state index in [2.05, 4.69) is 33.0 Å². The molecule has 0 radical (unpaired) electrons. The molecule has 1 atom stereocenters. The van der Waals surface area contributed by atoms with Crippen molar-refractivity contribution in [3.05, 3.63) is 0 Å². The Balaban J connectivity index is 2.35. The van der Waals surface area contributed by atoms with Gasteiger partial charge in [0.15, 0.2) is 0 Å². The maximum Gasteiger partial charge on any atom is 0.0244 e. The van der Waals surface area contributed by atoms with Gasteiger partial charge in [-0.1, -0.05) is 27.7 Å². The highest BCUT2D eigenvalue weighted by molar-refractivity contribution is 7.84. The molecule has 17 heavy (non-hydrogen) atoms. The van der Waals surface area contributed by atoms with Crippen molar-refractivity contribution in [2.75, 3.05) is 18.6 Å². The van der Waals surface area contributed by atoms with Gasteiger partial charge in [-0.2, -0.15) is 0 Å². The summed E-state index contributed by atoms with van der Waals surface area (Å²) in [5, 5.41) is 3.65.